The zero-order valence-corrected chi connectivity index (χ0v) is 15.3. The van der Waals surface area contributed by atoms with E-state index in [1.165, 1.54) is 0 Å². The van der Waals surface area contributed by atoms with Gasteiger partial charge in [0, 0.05) is 25.2 Å². The molecule has 4 rings (SSSR count). The number of aromatic amines is 1. The van der Waals surface area contributed by atoms with E-state index in [1.54, 1.807) is 32.6 Å². The van der Waals surface area contributed by atoms with Crippen LogP contribution in [0.2, 0.25) is 0 Å². The number of aromatic nitrogens is 2. The van der Waals surface area contributed by atoms with Crippen LogP contribution in [-0.2, 0) is 19.5 Å². The lowest BCUT2D eigenvalue weighted by Crippen LogP contribution is -2.35. The summed E-state index contributed by atoms with van der Waals surface area (Å²) in [6.45, 7) is 2.15. The smallest absolute Gasteiger partial charge is 0.254 e. The Labute approximate surface area is 156 Å². The molecular weight excluding hydrogens is 346 g/mol. The van der Waals surface area contributed by atoms with E-state index in [2.05, 4.69) is 14.9 Å². The zero-order chi connectivity index (χ0) is 18.8. The van der Waals surface area contributed by atoms with Crippen molar-refractivity contribution in [2.75, 3.05) is 20.8 Å². The van der Waals surface area contributed by atoms with Gasteiger partial charge >= 0.3 is 0 Å². The highest BCUT2D eigenvalue weighted by atomic mass is 16.5. The zero-order valence-electron chi connectivity index (χ0n) is 15.3. The van der Waals surface area contributed by atoms with Crippen LogP contribution in [0.5, 0.6) is 11.5 Å². The molecule has 7 heteroatoms. The Balaban J connectivity index is 1.57. The van der Waals surface area contributed by atoms with Crippen LogP contribution >= 0.6 is 0 Å². The van der Waals surface area contributed by atoms with Crippen LogP contribution in [-0.4, -0.2) is 35.6 Å². The number of ether oxygens (including phenoxy) is 2. The van der Waals surface area contributed by atoms with Crippen molar-refractivity contribution in [3.8, 4) is 23.1 Å². The Kier molecular flexibility index (Phi) is 4.68. The molecule has 2 aromatic heterocycles. The first-order valence-electron chi connectivity index (χ1n) is 8.77. The molecule has 1 aromatic carbocycles. The number of rotatable bonds is 5. The van der Waals surface area contributed by atoms with Gasteiger partial charge in [0.05, 0.1) is 26.2 Å². The summed E-state index contributed by atoms with van der Waals surface area (Å²) < 4.78 is 16.0. The molecule has 0 amide bonds. The molecule has 0 aliphatic carbocycles. The number of nitrogens with zero attached hydrogens (tertiary/aromatic N) is 2. The van der Waals surface area contributed by atoms with Crippen molar-refractivity contribution in [1.82, 2.24) is 14.9 Å². The van der Waals surface area contributed by atoms with Gasteiger partial charge < -0.3 is 18.9 Å². The third-order valence-corrected chi connectivity index (χ3v) is 4.76. The van der Waals surface area contributed by atoms with Gasteiger partial charge in [0.2, 0.25) is 0 Å². The van der Waals surface area contributed by atoms with Gasteiger partial charge in [-0.1, -0.05) is 6.07 Å². The second-order valence-electron chi connectivity index (χ2n) is 6.47. The Morgan fingerprint density at radius 1 is 1.22 bits per heavy atom. The van der Waals surface area contributed by atoms with Crippen LogP contribution in [0.3, 0.4) is 0 Å². The van der Waals surface area contributed by atoms with Crippen molar-refractivity contribution in [1.29, 1.82) is 0 Å². The Bertz CT molecular complexity index is 995. The molecule has 0 bridgehead atoms. The first-order valence-corrected chi connectivity index (χ1v) is 8.77. The third-order valence-electron chi connectivity index (χ3n) is 4.76. The molecular formula is C20H21N3O4. The quantitative estimate of drug-likeness (QED) is 0.747. The Morgan fingerprint density at radius 3 is 2.81 bits per heavy atom. The standard InChI is InChI=1S/C20H21N3O4/c1-25-16-6-5-13(10-18(16)26-2)11-23-8-7-14-15(12-23)21-19(22-20(14)24)17-4-3-9-27-17/h3-6,9-10H,7-8,11-12H2,1-2H3,(H,21,22,24). The summed E-state index contributed by atoms with van der Waals surface area (Å²) in [6, 6.07) is 9.47. The average Bonchev–Trinajstić information content (AvgIpc) is 3.22. The van der Waals surface area contributed by atoms with Gasteiger partial charge in [-0.25, -0.2) is 4.98 Å². The highest BCUT2D eigenvalue weighted by Crippen LogP contribution is 2.28. The Morgan fingerprint density at radius 2 is 2.07 bits per heavy atom. The lowest BCUT2D eigenvalue weighted by atomic mass is 10.1. The number of methoxy groups -OCH3 is 2. The summed E-state index contributed by atoms with van der Waals surface area (Å²) in [4.78, 5) is 22.1. The van der Waals surface area contributed by atoms with Crippen LogP contribution in [0.1, 0.15) is 16.8 Å². The lowest BCUT2D eigenvalue weighted by Gasteiger charge is -2.27. The summed E-state index contributed by atoms with van der Waals surface area (Å²) >= 11 is 0. The molecule has 1 aliphatic rings. The first kappa shape index (κ1) is 17.4. The number of H-pyrrole nitrogens is 1. The molecule has 1 aliphatic heterocycles. The van der Waals surface area contributed by atoms with Gasteiger partial charge in [-0.05, 0) is 36.2 Å². The highest BCUT2D eigenvalue weighted by Gasteiger charge is 2.22. The fourth-order valence-electron chi connectivity index (χ4n) is 3.40. The van der Waals surface area contributed by atoms with Crippen molar-refractivity contribution < 1.29 is 13.9 Å². The minimum atomic E-state index is -0.0860. The normalized spacial score (nSPS) is 14.0. The Hall–Kier alpha value is -3.06. The second-order valence-corrected chi connectivity index (χ2v) is 6.47. The average molecular weight is 367 g/mol. The fraction of sp³-hybridized carbons (Fsp3) is 0.300. The van der Waals surface area contributed by atoms with Crippen molar-refractivity contribution in [2.24, 2.45) is 0 Å². The molecule has 0 saturated carbocycles. The minimum Gasteiger partial charge on any atom is -0.493 e. The molecule has 0 atom stereocenters. The van der Waals surface area contributed by atoms with E-state index in [1.807, 2.05) is 18.2 Å². The summed E-state index contributed by atoms with van der Waals surface area (Å²) in [7, 11) is 3.25. The molecule has 3 heterocycles. The molecule has 0 fully saturated rings. The van der Waals surface area contributed by atoms with E-state index in [0.717, 1.165) is 29.9 Å². The maximum atomic E-state index is 12.4. The second kappa shape index (κ2) is 7.28. The van der Waals surface area contributed by atoms with Gasteiger partial charge in [-0.3, -0.25) is 9.69 Å². The third kappa shape index (κ3) is 3.46. The predicted molar refractivity (Wildman–Crippen MR) is 99.9 cm³/mol. The minimum absolute atomic E-state index is 0.0860. The van der Waals surface area contributed by atoms with Gasteiger partial charge in [0.1, 0.15) is 0 Å². The van der Waals surface area contributed by atoms with Gasteiger partial charge in [-0.2, -0.15) is 0 Å². The van der Waals surface area contributed by atoms with Crippen molar-refractivity contribution in [3.05, 3.63) is 63.8 Å². The SMILES string of the molecule is COc1ccc(CN2CCc3c(nc(-c4ccco4)[nH]c3=O)C2)cc1OC. The van der Waals surface area contributed by atoms with E-state index >= 15 is 0 Å². The number of benzene rings is 1. The molecule has 3 aromatic rings. The van der Waals surface area contributed by atoms with Crippen LogP contribution in [0.4, 0.5) is 0 Å². The van der Waals surface area contributed by atoms with E-state index < -0.39 is 0 Å². The topological polar surface area (TPSA) is 80.6 Å². The molecule has 1 N–H and O–H groups in total. The maximum absolute atomic E-state index is 12.4. The summed E-state index contributed by atoms with van der Waals surface area (Å²) in [5.74, 6) is 2.45. The van der Waals surface area contributed by atoms with Crippen LogP contribution in [0.25, 0.3) is 11.6 Å². The highest BCUT2D eigenvalue weighted by molar-refractivity contribution is 5.47. The molecule has 0 radical (unpaired) electrons. The van der Waals surface area contributed by atoms with Gasteiger partial charge in [0.25, 0.3) is 5.56 Å². The van der Waals surface area contributed by atoms with E-state index in [0.29, 0.717) is 36.0 Å². The van der Waals surface area contributed by atoms with E-state index in [-0.39, 0.29) is 5.56 Å². The van der Waals surface area contributed by atoms with Crippen LogP contribution in [0.15, 0.2) is 45.8 Å². The molecule has 7 nitrogen and oxygen atoms in total. The van der Waals surface area contributed by atoms with Crippen molar-refractivity contribution >= 4 is 0 Å². The summed E-state index contributed by atoms with van der Waals surface area (Å²) in [5.41, 5.74) is 2.59. The number of hydrogen-bond donors (Lipinski definition) is 1. The molecule has 0 saturated heterocycles. The predicted octanol–water partition coefficient (Wildman–Crippen LogP) is 2.61. The summed E-state index contributed by atoms with van der Waals surface area (Å²) in [6.07, 6.45) is 2.24. The molecule has 0 spiro atoms. The van der Waals surface area contributed by atoms with Gasteiger partial charge in [0.15, 0.2) is 23.1 Å². The fourth-order valence-corrected chi connectivity index (χ4v) is 3.40. The number of nitrogens with one attached hydrogen (secondary N) is 1. The number of furan rings is 1. The number of fused-ring (bicyclic) bond motifs is 1. The van der Waals surface area contributed by atoms with Crippen molar-refractivity contribution in [2.45, 2.75) is 19.5 Å². The maximum Gasteiger partial charge on any atom is 0.254 e. The van der Waals surface area contributed by atoms with Crippen molar-refractivity contribution in [3.63, 3.8) is 0 Å². The van der Waals surface area contributed by atoms with E-state index in [4.69, 9.17) is 13.9 Å². The monoisotopic (exact) mass is 367 g/mol. The van der Waals surface area contributed by atoms with E-state index in [9.17, 15) is 4.79 Å². The van der Waals surface area contributed by atoms with Gasteiger partial charge in [-0.15, -0.1) is 0 Å². The molecule has 140 valence electrons. The lowest BCUT2D eigenvalue weighted by molar-refractivity contribution is 0.240. The molecule has 27 heavy (non-hydrogen) atoms. The first-order chi connectivity index (χ1) is 13.2. The largest absolute Gasteiger partial charge is 0.493 e. The summed E-state index contributed by atoms with van der Waals surface area (Å²) in [5, 5.41) is 0. The van der Waals surface area contributed by atoms with Crippen LogP contribution in [0, 0.1) is 0 Å². The number of hydrogen-bond acceptors (Lipinski definition) is 6. The van der Waals surface area contributed by atoms with Crippen LogP contribution < -0.4 is 15.0 Å². The molecule has 0 unspecified atom stereocenters.